The van der Waals surface area contributed by atoms with E-state index in [0.29, 0.717) is 36.4 Å². The van der Waals surface area contributed by atoms with E-state index in [1.165, 1.54) is 0 Å². The molecular formula is C27H9Al2F9O12. The molecule has 0 amide bonds. The maximum Gasteiger partial charge on any atom is 3.00 e. The number of hydrogen-bond donors (Lipinski definition) is 0. The summed E-state index contributed by atoms with van der Waals surface area (Å²) < 4.78 is 111. The van der Waals surface area contributed by atoms with Crippen molar-refractivity contribution in [1.82, 2.24) is 0 Å². The molecule has 0 aliphatic heterocycles. The monoisotopic (exact) mass is 750 g/mol. The van der Waals surface area contributed by atoms with Crippen molar-refractivity contribution in [1.29, 1.82) is 0 Å². The normalized spacial score (nSPS) is 10.7. The van der Waals surface area contributed by atoms with Crippen LogP contribution in [0.4, 0.5) is 39.5 Å². The maximum absolute atomic E-state index is 12.3. The average Bonchev–Trinajstić information content (AvgIpc) is 2.95. The smallest absolute Gasteiger partial charge is 0.545 e. The third kappa shape index (κ3) is 12.1. The Morgan fingerprint density at radius 3 is 0.660 bits per heavy atom. The van der Waals surface area contributed by atoms with E-state index in [2.05, 4.69) is 0 Å². The van der Waals surface area contributed by atoms with E-state index in [0.717, 1.165) is 18.2 Å². The van der Waals surface area contributed by atoms with Gasteiger partial charge in [-0.2, -0.15) is 39.5 Å². The number of carbonyl (C=O) groups excluding carboxylic acids is 6. The molecule has 0 saturated carbocycles. The van der Waals surface area contributed by atoms with Crippen LogP contribution in [-0.2, 0) is 18.5 Å². The third-order valence-corrected chi connectivity index (χ3v) is 5.38. The first-order valence-corrected chi connectivity index (χ1v) is 11.6. The molecule has 3 rings (SSSR count). The summed E-state index contributed by atoms with van der Waals surface area (Å²) in [6, 6.07) is 5.81. The summed E-state index contributed by atoms with van der Waals surface area (Å²) in [5.74, 6) is -12.7. The minimum Gasteiger partial charge on any atom is -0.545 e. The predicted octanol–water partition coefficient (Wildman–Crippen LogP) is -2.46. The molecule has 50 heavy (non-hydrogen) atoms. The van der Waals surface area contributed by atoms with Crippen molar-refractivity contribution in [3.05, 3.63) is 105 Å². The van der Waals surface area contributed by atoms with Gasteiger partial charge >= 0.3 is 53.3 Å². The second-order valence-corrected chi connectivity index (χ2v) is 8.40. The van der Waals surface area contributed by atoms with E-state index < -0.39 is 104 Å². The summed E-state index contributed by atoms with van der Waals surface area (Å²) in [5.41, 5.74) is -12.2. The van der Waals surface area contributed by atoms with E-state index in [4.69, 9.17) is 0 Å². The van der Waals surface area contributed by atoms with Crippen molar-refractivity contribution in [2.75, 3.05) is 0 Å². The quantitative estimate of drug-likeness (QED) is 0.188. The maximum atomic E-state index is 12.3. The molecule has 0 radical (unpaired) electrons. The summed E-state index contributed by atoms with van der Waals surface area (Å²) >= 11 is 0. The molecule has 258 valence electrons. The van der Waals surface area contributed by atoms with Crippen molar-refractivity contribution >= 4 is 70.5 Å². The molecule has 23 heteroatoms. The third-order valence-electron chi connectivity index (χ3n) is 5.38. The van der Waals surface area contributed by atoms with E-state index in [-0.39, 0.29) is 34.7 Å². The van der Waals surface area contributed by atoms with E-state index in [9.17, 15) is 98.9 Å². The van der Waals surface area contributed by atoms with Crippen LogP contribution in [0.15, 0.2) is 54.6 Å². The second-order valence-electron chi connectivity index (χ2n) is 8.40. The van der Waals surface area contributed by atoms with Gasteiger partial charge in [0.2, 0.25) is 0 Å². The van der Waals surface area contributed by atoms with Crippen LogP contribution < -0.4 is 30.6 Å². The van der Waals surface area contributed by atoms with Crippen molar-refractivity contribution in [2.24, 2.45) is 0 Å². The summed E-state index contributed by atoms with van der Waals surface area (Å²) in [6.45, 7) is 0. The zero-order valence-electron chi connectivity index (χ0n) is 23.7. The molecule has 12 nitrogen and oxygen atoms in total. The van der Waals surface area contributed by atoms with Gasteiger partial charge in [0.05, 0.1) is 52.5 Å². The van der Waals surface area contributed by atoms with Crippen LogP contribution in [0.25, 0.3) is 0 Å². The average molecular weight is 750 g/mol. The summed E-state index contributed by atoms with van der Waals surface area (Å²) in [6.07, 6.45) is -14.9. The Morgan fingerprint density at radius 2 is 0.540 bits per heavy atom. The van der Waals surface area contributed by atoms with Crippen LogP contribution in [0.2, 0.25) is 0 Å². The number of aromatic carboxylic acids is 6. The number of halogens is 9. The Bertz CT molecular complexity index is 1570. The topological polar surface area (TPSA) is 241 Å². The minimum absolute atomic E-state index is 0. The van der Waals surface area contributed by atoms with Crippen molar-refractivity contribution in [3.8, 4) is 0 Å². The summed E-state index contributed by atoms with van der Waals surface area (Å²) in [4.78, 5) is 62.8. The molecule has 0 N–H and O–H groups in total. The van der Waals surface area contributed by atoms with Gasteiger partial charge < -0.3 is 59.4 Å². The van der Waals surface area contributed by atoms with E-state index in [1.807, 2.05) is 0 Å². The molecule has 0 atom stereocenters. The van der Waals surface area contributed by atoms with Gasteiger partial charge in [-0.1, -0.05) is 36.4 Å². The number of hydrogen-bond acceptors (Lipinski definition) is 12. The number of carbonyl (C=O) groups is 6. The Kier molecular flexibility index (Phi) is 17.0. The molecule has 3 aromatic rings. The fraction of sp³-hybridized carbons (Fsp3) is 0.111. The predicted molar refractivity (Wildman–Crippen MR) is 132 cm³/mol. The minimum atomic E-state index is -4.97. The molecule has 0 unspecified atom stereocenters. The molecule has 0 fully saturated rings. The molecule has 0 spiro atoms. The van der Waals surface area contributed by atoms with Crippen LogP contribution in [0.5, 0.6) is 0 Å². The van der Waals surface area contributed by atoms with Gasteiger partial charge in [0.25, 0.3) is 0 Å². The van der Waals surface area contributed by atoms with Crippen molar-refractivity contribution < 1.29 is 98.9 Å². The van der Waals surface area contributed by atoms with Crippen LogP contribution in [0.1, 0.15) is 78.8 Å². The van der Waals surface area contributed by atoms with Gasteiger partial charge in [-0.05, 0) is 18.2 Å². The molecule has 0 saturated heterocycles. The van der Waals surface area contributed by atoms with Crippen LogP contribution in [-0.4, -0.2) is 70.5 Å². The standard InChI is InChI=1S/3C9H5F3O4.2Al/c3*10-9(11,12)5-3-1-2-4(7(13)14)6(5)8(15)16;;/h3*1-3H,(H,13,14)(H,15,16);;/q;;;2*+3/p-6. The molecule has 0 aliphatic rings. The van der Waals surface area contributed by atoms with E-state index >= 15 is 0 Å². The first-order chi connectivity index (χ1) is 21.7. The largest absolute Gasteiger partial charge is 3.00 e. The summed E-state index contributed by atoms with van der Waals surface area (Å²) in [5, 5.41) is 62.8. The Balaban J connectivity index is 0. The number of alkyl halides is 9. The Hall–Kier alpha value is -5.09. The van der Waals surface area contributed by atoms with Crippen molar-refractivity contribution in [2.45, 2.75) is 18.5 Å². The summed E-state index contributed by atoms with van der Waals surface area (Å²) in [7, 11) is 0. The Labute approximate surface area is 292 Å². The van der Waals surface area contributed by atoms with Gasteiger partial charge in [0.15, 0.2) is 0 Å². The van der Waals surface area contributed by atoms with Gasteiger partial charge in [-0.15, -0.1) is 0 Å². The molecule has 3 aromatic carbocycles. The molecule has 0 aliphatic carbocycles. The number of carboxylic acids is 6. The fourth-order valence-corrected chi connectivity index (χ4v) is 3.54. The van der Waals surface area contributed by atoms with Gasteiger partial charge in [-0.3, -0.25) is 0 Å². The van der Waals surface area contributed by atoms with E-state index in [1.54, 1.807) is 0 Å². The number of rotatable bonds is 6. The first-order valence-electron chi connectivity index (χ1n) is 11.6. The molecule has 0 bridgehead atoms. The zero-order valence-corrected chi connectivity index (χ0v) is 26.0. The number of carboxylic acid groups (broad SMARTS) is 6. The van der Waals surface area contributed by atoms with Gasteiger partial charge in [-0.25, -0.2) is 0 Å². The zero-order chi connectivity index (χ0) is 37.5. The SMILES string of the molecule is O=C([O-])c1cccc(C(F)(F)F)c1C(=O)[O-].O=C([O-])c1cccc(C(F)(F)F)c1C(=O)[O-].O=C([O-])c1cccc(C(F)(F)F)c1C(=O)[O-].[Al+3].[Al+3]. The Morgan fingerprint density at radius 1 is 0.360 bits per heavy atom. The van der Waals surface area contributed by atoms with Gasteiger partial charge in [0.1, 0.15) is 0 Å². The van der Waals surface area contributed by atoms with Crippen LogP contribution in [0, 0.1) is 0 Å². The van der Waals surface area contributed by atoms with Crippen LogP contribution in [0.3, 0.4) is 0 Å². The molecule has 0 heterocycles. The van der Waals surface area contributed by atoms with Crippen LogP contribution >= 0.6 is 0 Å². The molecular weight excluding hydrogens is 741 g/mol. The molecule has 0 aromatic heterocycles. The first kappa shape index (κ1) is 47.0. The van der Waals surface area contributed by atoms with Crippen molar-refractivity contribution in [3.63, 3.8) is 0 Å². The fourth-order valence-electron chi connectivity index (χ4n) is 3.54. The number of benzene rings is 3. The second kappa shape index (κ2) is 18.1. The van der Waals surface area contributed by atoms with Gasteiger partial charge in [0, 0.05) is 33.4 Å².